The SMILES string of the molecule is C1CCc2c(nn3c2NCCC3)C1. The van der Waals surface area contributed by atoms with Crippen molar-refractivity contribution in [2.24, 2.45) is 0 Å². The predicted molar refractivity (Wildman–Crippen MR) is 52.0 cm³/mol. The highest BCUT2D eigenvalue weighted by Crippen LogP contribution is 2.29. The van der Waals surface area contributed by atoms with Crippen molar-refractivity contribution >= 4 is 5.82 Å². The summed E-state index contributed by atoms with van der Waals surface area (Å²) < 4.78 is 2.17. The summed E-state index contributed by atoms with van der Waals surface area (Å²) in [4.78, 5) is 0. The molecule has 13 heavy (non-hydrogen) atoms. The Balaban J connectivity index is 2.09. The molecule has 0 aromatic carbocycles. The number of aromatic nitrogens is 2. The lowest BCUT2D eigenvalue weighted by Gasteiger charge is -2.17. The molecule has 1 aromatic heterocycles. The maximum atomic E-state index is 4.65. The van der Waals surface area contributed by atoms with E-state index in [2.05, 4.69) is 15.1 Å². The number of anilines is 1. The van der Waals surface area contributed by atoms with Crippen molar-refractivity contribution in [1.82, 2.24) is 9.78 Å². The van der Waals surface area contributed by atoms with Crippen LogP contribution in [-0.2, 0) is 19.4 Å². The van der Waals surface area contributed by atoms with Crippen LogP contribution in [0.4, 0.5) is 5.82 Å². The summed E-state index contributed by atoms with van der Waals surface area (Å²) in [6, 6.07) is 0. The zero-order valence-corrected chi connectivity index (χ0v) is 7.84. The topological polar surface area (TPSA) is 29.9 Å². The van der Waals surface area contributed by atoms with Crippen molar-refractivity contribution in [2.45, 2.75) is 38.6 Å². The summed E-state index contributed by atoms with van der Waals surface area (Å²) in [6.07, 6.45) is 6.30. The molecule has 0 unspecified atom stereocenters. The zero-order valence-electron chi connectivity index (χ0n) is 7.84. The van der Waals surface area contributed by atoms with Crippen LogP contribution in [0.15, 0.2) is 0 Å². The Bertz CT molecular complexity index is 297. The first-order valence-electron chi connectivity index (χ1n) is 5.27. The van der Waals surface area contributed by atoms with Gasteiger partial charge >= 0.3 is 0 Å². The van der Waals surface area contributed by atoms with E-state index in [-0.39, 0.29) is 0 Å². The highest BCUT2D eigenvalue weighted by atomic mass is 15.3. The van der Waals surface area contributed by atoms with Crippen molar-refractivity contribution in [3.8, 4) is 0 Å². The molecule has 3 nitrogen and oxygen atoms in total. The van der Waals surface area contributed by atoms with Crippen molar-refractivity contribution < 1.29 is 0 Å². The molecule has 0 atom stereocenters. The minimum atomic E-state index is 1.11. The Morgan fingerprint density at radius 1 is 1.15 bits per heavy atom. The molecular weight excluding hydrogens is 162 g/mol. The van der Waals surface area contributed by atoms with Crippen LogP contribution in [0, 0.1) is 0 Å². The lowest BCUT2D eigenvalue weighted by molar-refractivity contribution is 0.560. The zero-order chi connectivity index (χ0) is 8.67. The third-order valence-electron chi connectivity index (χ3n) is 3.06. The van der Waals surface area contributed by atoms with Crippen LogP contribution in [-0.4, -0.2) is 16.3 Å². The van der Waals surface area contributed by atoms with Gasteiger partial charge in [0.15, 0.2) is 0 Å². The largest absolute Gasteiger partial charge is 0.370 e. The van der Waals surface area contributed by atoms with Gasteiger partial charge in [0.25, 0.3) is 0 Å². The summed E-state index contributed by atoms with van der Waals surface area (Å²) in [6.45, 7) is 2.23. The maximum Gasteiger partial charge on any atom is 0.127 e. The predicted octanol–water partition coefficient (Wildman–Crippen LogP) is 1.58. The fourth-order valence-corrected chi connectivity index (χ4v) is 2.40. The van der Waals surface area contributed by atoms with E-state index in [9.17, 15) is 0 Å². The van der Waals surface area contributed by atoms with E-state index in [1.165, 1.54) is 49.2 Å². The fourth-order valence-electron chi connectivity index (χ4n) is 2.40. The molecule has 3 rings (SSSR count). The molecule has 0 bridgehead atoms. The molecule has 0 fully saturated rings. The van der Waals surface area contributed by atoms with Crippen LogP contribution >= 0.6 is 0 Å². The van der Waals surface area contributed by atoms with E-state index in [1.807, 2.05) is 0 Å². The average Bonchev–Trinajstić information content (AvgIpc) is 2.56. The van der Waals surface area contributed by atoms with Crippen molar-refractivity contribution in [3.63, 3.8) is 0 Å². The highest BCUT2D eigenvalue weighted by Gasteiger charge is 2.21. The number of nitrogens with zero attached hydrogens (tertiary/aromatic N) is 2. The second-order valence-corrected chi connectivity index (χ2v) is 3.98. The number of hydrogen-bond donors (Lipinski definition) is 1. The van der Waals surface area contributed by atoms with E-state index < -0.39 is 0 Å². The van der Waals surface area contributed by atoms with Gasteiger partial charge in [0, 0.05) is 18.7 Å². The van der Waals surface area contributed by atoms with Crippen LogP contribution in [0.1, 0.15) is 30.5 Å². The standard InChI is InChI=1S/C10H15N3/c1-2-5-9-8(4-1)10-11-6-3-7-13(10)12-9/h11H,1-7H2. The van der Waals surface area contributed by atoms with Gasteiger partial charge in [-0.2, -0.15) is 5.10 Å². The van der Waals surface area contributed by atoms with E-state index in [0.29, 0.717) is 0 Å². The summed E-state index contributed by atoms with van der Waals surface area (Å²) in [5.41, 5.74) is 2.86. The van der Waals surface area contributed by atoms with Crippen LogP contribution in [0.5, 0.6) is 0 Å². The Labute approximate surface area is 78.1 Å². The normalized spacial score (nSPS) is 20.3. The average molecular weight is 177 g/mol. The molecule has 1 aliphatic carbocycles. The molecule has 1 aliphatic heterocycles. The molecule has 0 amide bonds. The summed E-state index contributed by atoms with van der Waals surface area (Å²) in [7, 11) is 0. The molecule has 70 valence electrons. The van der Waals surface area contributed by atoms with Crippen molar-refractivity contribution in [2.75, 3.05) is 11.9 Å². The Kier molecular flexibility index (Phi) is 1.57. The number of aryl methyl sites for hydroxylation is 2. The second kappa shape index (κ2) is 2.76. The molecule has 0 saturated heterocycles. The quantitative estimate of drug-likeness (QED) is 0.652. The highest BCUT2D eigenvalue weighted by molar-refractivity contribution is 5.49. The molecule has 3 heteroatoms. The van der Waals surface area contributed by atoms with Gasteiger partial charge in [-0.05, 0) is 32.1 Å². The molecule has 1 N–H and O–H groups in total. The first kappa shape index (κ1) is 7.42. The van der Waals surface area contributed by atoms with Gasteiger partial charge in [0.05, 0.1) is 5.69 Å². The molecule has 0 radical (unpaired) electrons. The van der Waals surface area contributed by atoms with Crippen LogP contribution in [0.3, 0.4) is 0 Å². The van der Waals surface area contributed by atoms with Crippen LogP contribution in [0.25, 0.3) is 0 Å². The first-order chi connectivity index (χ1) is 6.45. The fraction of sp³-hybridized carbons (Fsp3) is 0.700. The van der Waals surface area contributed by atoms with Gasteiger partial charge in [0.1, 0.15) is 5.82 Å². The number of hydrogen-bond acceptors (Lipinski definition) is 2. The lowest BCUT2D eigenvalue weighted by Crippen LogP contribution is -2.18. The number of fused-ring (bicyclic) bond motifs is 3. The first-order valence-corrected chi connectivity index (χ1v) is 5.27. The maximum absolute atomic E-state index is 4.65. The smallest absolute Gasteiger partial charge is 0.127 e. The van der Waals surface area contributed by atoms with E-state index >= 15 is 0 Å². The van der Waals surface area contributed by atoms with Gasteiger partial charge < -0.3 is 5.32 Å². The molecule has 2 heterocycles. The van der Waals surface area contributed by atoms with Gasteiger partial charge in [-0.1, -0.05) is 0 Å². The van der Waals surface area contributed by atoms with Gasteiger partial charge in [0.2, 0.25) is 0 Å². The lowest BCUT2D eigenvalue weighted by atomic mass is 9.97. The molecule has 2 aliphatic rings. The summed E-state index contributed by atoms with van der Waals surface area (Å²) in [5.74, 6) is 1.32. The third-order valence-corrected chi connectivity index (χ3v) is 3.06. The van der Waals surface area contributed by atoms with Gasteiger partial charge in [-0.25, -0.2) is 4.68 Å². The van der Waals surface area contributed by atoms with Crippen LogP contribution < -0.4 is 5.32 Å². The van der Waals surface area contributed by atoms with E-state index in [4.69, 9.17) is 0 Å². The monoisotopic (exact) mass is 177 g/mol. The third kappa shape index (κ3) is 1.06. The van der Waals surface area contributed by atoms with E-state index in [1.54, 1.807) is 0 Å². The molecular formula is C10H15N3. The Morgan fingerprint density at radius 3 is 3.08 bits per heavy atom. The molecule has 0 saturated carbocycles. The Morgan fingerprint density at radius 2 is 2.08 bits per heavy atom. The number of nitrogens with one attached hydrogen (secondary N) is 1. The Hall–Kier alpha value is -0.990. The number of rotatable bonds is 0. The molecule has 1 aromatic rings. The second-order valence-electron chi connectivity index (χ2n) is 3.98. The minimum Gasteiger partial charge on any atom is -0.370 e. The van der Waals surface area contributed by atoms with E-state index in [0.717, 1.165) is 13.1 Å². The van der Waals surface area contributed by atoms with Crippen molar-refractivity contribution in [3.05, 3.63) is 11.3 Å². The summed E-state index contributed by atoms with van der Waals surface area (Å²) in [5, 5.41) is 8.12. The van der Waals surface area contributed by atoms with Gasteiger partial charge in [-0.15, -0.1) is 0 Å². The van der Waals surface area contributed by atoms with Crippen molar-refractivity contribution in [1.29, 1.82) is 0 Å². The molecule has 0 spiro atoms. The summed E-state index contributed by atoms with van der Waals surface area (Å²) >= 11 is 0. The van der Waals surface area contributed by atoms with Crippen LogP contribution in [0.2, 0.25) is 0 Å². The minimum absolute atomic E-state index is 1.11. The van der Waals surface area contributed by atoms with Gasteiger partial charge in [-0.3, -0.25) is 0 Å².